The number of phenolic OH excluding ortho intramolecular Hbond substituents is 2. The second kappa shape index (κ2) is 5.89. The van der Waals surface area contributed by atoms with Crippen molar-refractivity contribution in [2.45, 2.75) is 19.4 Å². The van der Waals surface area contributed by atoms with Gasteiger partial charge in [0.2, 0.25) is 0 Å². The molecule has 96 valence electrons. The van der Waals surface area contributed by atoms with Gasteiger partial charge in [0.05, 0.1) is 0 Å². The average Bonchev–Trinajstić information content (AvgIpc) is 2.81. The number of thiophene rings is 1. The third-order valence-corrected chi connectivity index (χ3v) is 3.66. The zero-order valence-corrected chi connectivity index (χ0v) is 11.1. The van der Waals surface area contributed by atoms with Gasteiger partial charge in [0.15, 0.2) is 0 Å². The molecule has 1 unspecified atom stereocenters. The van der Waals surface area contributed by atoms with Crippen molar-refractivity contribution in [1.82, 2.24) is 5.32 Å². The van der Waals surface area contributed by atoms with E-state index in [0.29, 0.717) is 0 Å². The van der Waals surface area contributed by atoms with Gasteiger partial charge >= 0.3 is 0 Å². The topological polar surface area (TPSA) is 52.5 Å². The van der Waals surface area contributed by atoms with E-state index >= 15 is 0 Å². The molecule has 1 aromatic heterocycles. The number of hydrogen-bond acceptors (Lipinski definition) is 4. The highest BCUT2D eigenvalue weighted by molar-refractivity contribution is 7.07. The summed E-state index contributed by atoms with van der Waals surface area (Å²) in [5.74, 6) is 0.215. The molecule has 4 heteroatoms. The van der Waals surface area contributed by atoms with Crippen molar-refractivity contribution in [3.05, 3.63) is 46.2 Å². The standard InChI is InChI=1S/C14H17NO2S/c1-10(13-3-2-12(16)8-14(13)17)15-6-4-11-5-7-18-9-11/h2-3,5,7-10,15-17H,4,6H2,1H3. The number of aromatic hydroxyl groups is 2. The summed E-state index contributed by atoms with van der Waals surface area (Å²) in [5.41, 5.74) is 2.13. The van der Waals surface area contributed by atoms with Crippen LogP contribution in [0.25, 0.3) is 0 Å². The average molecular weight is 263 g/mol. The first-order valence-electron chi connectivity index (χ1n) is 5.93. The van der Waals surface area contributed by atoms with Crippen molar-refractivity contribution in [2.24, 2.45) is 0 Å². The van der Waals surface area contributed by atoms with Gasteiger partial charge in [-0.2, -0.15) is 11.3 Å². The predicted molar refractivity (Wildman–Crippen MR) is 74.2 cm³/mol. The zero-order chi connectivity index (χ0) is 13.0. The Morgan fingerprint density at radius 1 is 1.28 bits per heavy atom. The summed E-state index contributed by atoms with van der Waals surface area (Å²) < 4.78 is 0. The van der Waals surface area contributed by atoms with Gasteiger partial charge in [-0.15, -0.1) is 0 Å². The van der Waals surface area contributed by atoms with Crippen LogP contribution in [0, 0.1) is 0 Å². The molecule has 0 aliphatic heterocycles. The Balaban J connectivity index is 1.89. The van der Waals surface area contributed by atoms with Crippen molar-refractivity contribution in [3.63, 3.8) is 0 Å². The van der Waals surface area contributed by atoms with Crippen LogP contribution in [-0.4, -0.2) is 16.8 Å². The molecule has 1 heterocycles. The maximum Gasteiger partial charge on any atom is 0.124 e. The molecule has 18 heavy (non-hydrogen) atoms. The molecule has 0 aliphatic rings. The Morgan fingerprint density at radius 2 is 2.11 bits per heavy atom. The van der Waals surface area contributed by atoms with Gasteiger partial charge in [-0.1, -0.05) is 6.07 Å². The second-order valence-corrected chi connectivity index (χ2v) is 5.08. The third-order valence-electron chi connectivity index (χ3n) is 2.92. The Kier molecular flexibility index (Phi) is 4.23. The van der Waals surface area contributed by atoms with Crippen LogP contribution in [0.1, 0.15) is 24.1 Å². The van der Waals surface area contributed by atoms with Gasteiger partial charge < -0.3 is 15.5 Å². The summed E-state index contributed by atoms with van der Waals surface area (Å²) in [5, 5.41) is 26.6. The van der Waals surface area contributed by atoms with Crippen molar-refractivity contribution in [1.29, 1.82) is 0 Å². The molecule has 2 rings (SSSR count). The lowest BCUT2D eigenvalue weighted by Crippen LogP contribution is -2.21. The fourth-order valence-corrected chi connectivity index (χ4v) is 2.58. The number of rotatable bonds is 5. The Bertz CT molecular complexity index is 497. The highest BCUT2D eigenvalue weighted by atomic mass is 32.1. The quantitative estimate of drug-likeness (QED) is 0.777. The lowest BCUT2D eigenvalue weighted by Gasteiger charge is -2.15. The van der Waals surface area contributed by atoms with Crippen LogP contribution in [0.15, 0.2) is 35.0 Å². The van der Waals surface area contributed by atoms with Gasteiger partial charge in [0, 0.05) is 17.7 Å². The van der Waals surface area contributed by atoms with Gasteiger partial charge in [0.25, 0.3) is 0 Å². The van der Waals surface area contributed by atoms with Gasteiger partial charge in [-0.3, -0.25) is 0 Å². The maximum atomic E-state index is 9.75. The zero-order valence-electron chi connectivity index (χ0n) is 10.3. The smallest absolute Gasteiger partial charge is 0.124 e. The van der Waals surface area contributed by atoms with Crippen LogP contribution >= 0.6 is 11.3 Å². The molecule has 0 amide bonds. The molecule has 0 saturated heterocycles. The summed E-state index contributed by atoms with van der Waals surface area (Å²) in [7, 11) is 0. The first-order valence-corrected chi connectivity index (χ1v) is 6.87. The lowest BCUT2D eigenvalue weighted by atomic mass is 10.1. The van der Waals surface area contributed by atoms with E-state index in [1.807, 2.05) is 6.92 Å². The normalized spacial score (nSPS) is 12.5. The van der Waals surface area contributed by atoms with Crippen LogP contribution in [0.2, 0.25) is 0 Å². The van der Waals surface area contributed by atoms with E-state index in [2.05, 4.69) is 22.1 Å². The highest BCUT2D eigenvalue weighted by Gasteiger charge is 2.10. The van der Waals surface area contributed by atoms with Crippen LogP contribution in [0.5, 0.6) is 11.5 Å². The Labute approximate surface area is 111 Å². The van der Waals surface area contributed by atoms with Crippen LogP contribution in [0.4, 0.5) is 0 Å². The molecule has 2 aromatic rings. The predicted octanol–water partition coefficient (Wildman–Crippen LogP) is 3.05. The molecule has 3 N–H and O–H groups in total. The van der Waals surface area contributed by atoms with Gasteiger partial charge in [-0.05, 0) is 48.3 Å². The first-order chi connectivity index (χ1) is 8.66. The third kappa shape index (κ3) is 3.24. The minimum atomic E-state index is 0.0595. The van der Waals surface area contributed by atoms with E-state index in [0.717, 1.165) is 18.5 Å². The van der Waals surface area contributed by atoms with E-state index in [-0.39, 0.29) is 17.5 Å². The molecule has 0 aliphatic carbocycles. The van der Waals surface area contributed by atoms with Gasteiger partial charge in [-0.25, -0.2) is 0 Å². The molecule has 0 spiro atoms. The number of benzene rings is 1. The maximum absolute atomic E-state index is 9.75. The Morgan fingerprint density at radius 3 is 2.78 bits per heavy atom. The fourth-order valence-electron chi connectivity index (χ4n) is 1.88. The molecular weight excluding hydrogens is 246 g/mol. The summed E-state index contributed by atoms with van der Waals surface area (Å²) in [6.07, 6.45) is 0.979. The minimum absolute atomic E-state index is 0.0595. The summed E-state index contributed by atoms with van der Waals surface area (Å²) in [6, 6.07) is 6.88. The van der Waals surface area contributed by atoms with Crippen molar-refractivity contribution in [3.8, 4) is 11.5 Å². The highest BCUT2D eigenvalue weighted by Crippen LogP contribution is 2.27. The Hall–Kier alpha value is -1.52. The largest absolute Gasteiger partial charge is 0.508 e. The monoisotopic (exact) mass is 263 g/mol. The van der Waals surface area contributed by atoms with E-state index in [1.54, 1.807) is 23.5 Å². The van der Waals surface area contributed by atoms with E-state index < -0.39 is 0 Å². The molecule has 3 nitrogen and oxygen atoms in total. The SMILES string of the molecule is CC(NCCc1ccsc1)c1ccc(O)cc1O. The first kappa shape index (κ1) is 12.9. The van der Waals surface area contributed by atoms with Gasteiger partial charge in [0.1, 0.15) is 11.5 Å². The van der Waals surface area contributed by atoms with E-state index in [1.165, 1.54) is 11.6 Å². The summed E-state index contributed by atoms with van der Waals surface area (Å²) >= 11 is 1.70. The number of hydrogen-bond donors (Lipinski definition) is 3. The summed E-state index contributed by atoms with van der Waals surface area (Å²) in [4.78, 5) is 0. The van der Waals surface area contributed by atoms with Crippen LogP contribution < -0.4 is 5.32 Å². The van der Waals surface area contributed by atoms with Crippen LogP contribution in [-0.2, 0) is 6.42 Å². The molecule has 0 saturated carbocycles. The summed E-state index contributed by atoms with van der Waals surface area (Å²) in [6.45, 7) is 2.86. The number of nitrogens with one attached hydrogen (secondary N) is 1. The molecule has 0 bridgehead atoms. The molecule has 1 atom stereocenters. The minimum Gasteiger partial charge on any atom is -0.508 e. The molecular formula is C14H17NO2S. The van der Waals surface area contributed by atoms with Crippen molar-refractivity contribution >= 4 is 11.3 Å². The van der Waals surface area contributed by atoms with Crippen molar-refractivity contribution < 1.29 is 10.2 Å². The molecule has 1 aromatic carbocycles. The van der Waals surface area contributed by atoms with E-state index in [4.69, 9.17) is 0 Å². The van der Waals surface area contributed by atoms with E-state index in [9.17, 15) is 10.2 Å². The second-order valence-electron chi connectivity index (χ2n) is 4.30. The molecule has 0 radical (unpaired) electrons. The van der Waals surface area contributed by atoms with Crippen LogP contribution in [0.3, 0.4) is 0 Å². The lowest BCUT2D eigenvalue weighted by molar-refractivity contribution is 0.436. The fraction of sp³-hybridized carbons (Fsp3) is 0.286. The molecule has 0 fully saturated rings. The number of phenols is 2. The van der Waals surface area contributed by atoms with Crippen molar-refractivity contribution in [2.75, 3.05) is 6.54 Å².